The Balaban J connectivity index is 2.14. The number of halogens is 3. The minimum Gasteiger partial charge on any atom is -0.297 e. The molecule has 1 heterocycles. The largest absolute Gasteiger partial charge is 0.297 e. The molecule has 0 bridgehead atoms. The van der Waals surface area contributed by atoms with E-state index >= 15 is 0 Å². The molecule has 1 aliphatic rings. The molecule has 0 spiro atoms. The summed E-state index contributed by atoms with van der Waals surface area (Å²) in [5.41, 5.74) is 0.176. The predicted octanol–water partition coefficient (Wildman–Crippen LogP) is 3.28. The van der Waals surface area contributed by atoms with Gasteiger partial charge in [0.1, 0.15) is 11.6 Å². The van der Waals surface area contributed by atoms with Crippen molar-refractivity contribution in [3.63, 3.8) is 0 Å². The lowest BCUT2D eigenvalue weighted by Gasteiger charge is -2.26. The van der Waals surface area contributed by atoms with Gasteiger partial charge in [-0.05, 0) is 12.1 Å². The van der Waals surface area contributed by atoms with Crippen LogP contribution in [0.5, 0.6) is 0 Å². The number of benzene rings is 1. The fourth-order valence-corrected chi connectivity index (χ4v) is 3.09. The van der Waals surface area contributed by atoms with Crippen molar-refractivity contribution in [1.29, 1.82) is 0 Å². The van der Waals surface area contributed by atoms with E-state index in [4.69, 9.17) is 0 Å². The van der Waals surface area contributed by atoms with Crippen molar-refractivity contribution in [3.05, 3.63) is 33.8 Å². The van der Waals surface area contributed by atoms with E-state index < -0.39 is 11.6 Å². The van der Waals surface area contributed by atoms with Gasteiger partial charge >= 0.3 is 0 Å². The Morgan fingerprint density at radius 2 is 1.75 bits per heavy atom. The highest BCUT2D eigenvalue weighted by atomic mass is 79.9. The van der Waals surface area contributed by atoms with Crippen LogP contribution in [-0.4, -0.2) is 29.5 Å². The second kappa shape index (κ2) is 5.47. The molecular formula is C11H12BrF2NS. The maximum atomic E-state index is 13.6. The Morgan fingerprint density at radius 1 is 1.19 bits per heavy atom. The Labute approximate surface area is 106 Å². The molecule has 0 N–H and O–H groups in total. The molecule has 0 unspecified atom stereocenters. The third-order valence-corrected chi connectivity index (χ3v) is 3.99. The van der Waals surface area contributed by atoms with E-state index in [1.165, 1.54) is 12.1 Å². The van der Waals surface area contributed by atoms with Crippen LogP contribution in [-0.2, 0) is 6.54 Å². The van der Waals surface area contributed by atoms with Gasteiger partial charge in [0, 0.05) is 41.2 Å². The Bertz CT molecular complexity index is 357. The molecule has 1 saturated heterocycles. The Kier molecular flexibility index (Phi) is 4.21. The zero-order valence-corrected chi connectivity index (χ0v) is 11.1. The van der Waals surface area contributed by atoms with Crippen molar-refractivity contribution in [2.45, 2.75) is 6.54 Å². The molecule has 0 aromatic heterocycles. The molecule has 5 heteroatoms. The first-order valence-electron chi connectivity index (χ1n) is 5.10. The zero-order valence-electron chi connectivity index (χ0n) is 8.68. The summed E-state index contributed by atoms with van der Waals surface area (Å²) >= 11 is 4.96. The summed E-state index contributed by atoms with van der Waals surface area (Å²) in [5.74, 6) is 1.15. The molecule has 1 aromatic carbocycles. The lowest BCUT2D eigenvalue weighted by molar-refractivity contribution is 0.284. The Morgan fingerprint density at radius 3 is 2.31 bits per heavy atom. The first-order valence-corrected chi connectivity index (χ1v) is 7.05. The molecule has 2 rings (SSSR count). The van der Waals surface area contributed by atoms with Gasteiger partial charge in [-0.15, -0.1) is 0 Å². The minimum absolute atomic E-state index is 0.176. The summed E-state index contributed by atoms with van der Waals surface area (Å²) in [4.78, 5) is 2.09. The molecule has 0 radical (unpaired) electrons. The van der Waals surface area contributed by atoms with Crippen LogP contribution in [0.25, 0.3) is 0 Å². The maximum Gasteiger partial charge on any atom is 0.131 e. The molecule has 1 aliphatic heterocycles. The monoisotopic (exact) mass is 307 g/mol. The molecule has 1 fully saturated rings. The van der Waals surface area contributed by atoms with Gasteiger partial charge in [0.2, 0.25) is 0 Å². The van der Waals surface area contributed by atoms with E-state index in [2.05, 4.69) is 20.8 Å². The lowest BCUT2D eigenvalue weighted by atomic mass is 10.2. The molecule has 0 aliphatic carbocycles. The van der Waals surface area contributed by atoms with Crippen LogP contribution < -0.4 is 0 Å². The normalized spacial score (nSPS) is 17.7. The van der Waals surface area contributed by atoms with Crippen LogP contribution in [0.4, 0.5) is 8.78 Å². The summed E-state index contributed by atoms with van der Waals surface area (Å²) in [6, 6.07) is 2.63. The minimum atomic E-state index is -0.467. The molecule has 0 saturated carbocycles. The number of hydrogen-bond donors (Lipinski definition) is 0. The van der Waals surface area contributed by atoms with Gasteiger partial charge in [-0.25, -0.2) is 8.78 Å². The fraction of sp³-hybridized carbons (Fsp3) is 0.455. The van der Waals surface area contributed by atoms with E-state index in [1.807, 2.05) is 11.8 Å². The molecule has 1 nitrogen and oxygen atoms in total. The fourth-order valence-electron chi connectivity index (χ4n) is 1.71. The average Bonchev–Trinajstić information content (AvgIpc) is 2.25. The van der Waals surface area contributed by atoms with Crippen LogP contribution in [0, 0.1) is 11.6 Å². The van der Waals surface area contributed by atoms with E-state index in [0.29, 0.717) is 11.0 Å². The van der Waals surface area contributed by atoms with Crippen molar-refractivity contribution in [1.82, 2.24) is 4.90 Å². The molecular weight excluding hydrogens is 296 g/mol. The van der Waals surface area contributed by atoms with Gasteiger partial charge in [-0.2, -0.15) is 11.8 Å². The standard InChI is InChI=1S/C11H12BrF2NS/c12-8-5-10(13)9(11(14)6-8)7-15-1-3-16-4-2-15/h5-6H,1-4,7H2. The quantitative estimate of drug-likeness (QED) is 0.825. The summed E-state index contributed by atoms with van der Waals surface area (Å²) in [6.45, 7) is 2.17. The van der Waals surface area contributed by atoms with E-state index in [9.17, 15) is 8.78 Å². The second-order valence-corrected chi connectivity index (χ2v) is 5.88. The van der Waals surface area contributed by atoms with Gasteiger partial charge in [-0.3, -0.25) is 4.90 Å². The van der Waals surface area contributed by atoms with Gasteiger partial charge in [-0.1, -0.05) is 15.9 Å². The van der Waals surface area contributed by atoms with Crippen LogP contribution >= 0.6 is 27.7 Å². The van der Waals surface area contributed by atoms with Crippen molar-refractivity contribution in [3.8, 4) is 0 Å². The van der Waals surface area contributed by atoms with Crippen molar-refractivity contribution >= 4 is 27.7 Å². The SMILES string of the molecule is Fc1cc(Br)cc(F)c1CN1CCSCC1. The first-order chi connectivity index (χ1) is 7.66. The lowest BCUT2D eigenvalue weighted by Crippen LogP contribution is -2.32. The summed E-state index contributed by atoms with van der Waals surface area (Å²) in [5, 5.41) is 0. The highest BCUT2D eigenvalue weighted by Gasteiger charge is 2.16. The van der Waals surface area contributed by atoms with Crippen LogP contribution in [0.3, 0.4) is 0 Å². The van der Waals surface area contributed by atoms with Gasteiger partial charge in [0.25, 0.3) is 0 Å². The summed E-state index contributed by atoms with van der Waals surface area (Å²) in [7, 11) is 0. The van der Waals surface area contributed by atoms with Crippen molar-refractivity contribution in [2.24, 2.45) is 0 Å². The summed E-state index contributed by atoms with van der Waals surface area (Å²) < 4.78 is 27.6. The first kappa shape index (κ1) is 12.3. The maximum absolute atomic E-state index is 13.6. The van der Waals surface area contributed by atoms with Crippen molar-refractivity contribution < 1.29 is 8.78 Å². The smallest absolute Gasteiger partial charge is 0.131 e. The molecule has 0 amide bonds. The number of rotatable bonds is 2. The number of thioether (sulfide) groups is 1. The molecule has 1 aromatic rings. The van der Waals surface area contributed by atoms with Crippen LogP contribution in [0.15, 0.2) is 16.6 Å². The predicted molar refractivity (Wildman–Crippen MR) is 66.7 cm³/mol. The average molecular weight is 308 g/mol. The van der Waals surface area contributed by atoms with Crippen LogP contribution in [0.2, 0.25) is 0 Å². The van der Waals surface area contributed by atoms with Gasteiger partial charge in [0.05, 0.1) is 0 Å². The summed E-state index contributed by atoms with van der Waals surface area (Å²) in [6.07, 6.45) is 0. The molecule has 16 heavy (non-hydrogen) atoms. The van der Waals surface area contributed by atoms with Crippen LogP contribution in [0.1, 0.15) is 5.56 Å². The van der Waals surface area contributed by atoms with E-state index in [1.54, 1.807) is 0 Å². The van der Waals surface area contributed by atoms with E-state index in [0.717, 1.165) is 24.6 Å². The van der Waals surface area contributed by atoms with Gasteiger partial charge in [0.15, 0.2) is 0 Å². The third kappa shape index (κ3) is 2.96. The van der Waals surface area contributed by atoms with Gasteiger partial charge < -0.3 is 0 Å². The zero-order chi connectivity index (χ0) is 11.5. The highest BCUT2D eigenvalue weighted by molar-refractivity contribution is 9.10. The number of hydrogen-bond acceptors (Lipinski definition) is 2. The molecule has 88 valence electrons. The Hall–Kier alpha value is -0.130. The topological polar surface area (TPSA) is 3.24 Å². The third-order valence-electron chi connectivity index (χ3n) is 2.59. The highest BCUT2D eigenvalue weighted by Crippen LogP contribution is 2.22. The number of nitrogens with zero attached hydrogens (tertiary/aromatic N) is 1. The van der Waals surface area contributed by atoms with Crippen molar-refractivity contribution in [2.75, 3.05) is 24.6 Å². The second-order valence-electron chi connectivity index (χ2n) is 3.74. The van der Waals surface area contributed by atoms with E-state index in [-0.39, 0.29) is 5.56 Å². The molecule has 0 atom stereocenters.